The first-order valence-corrected chi connectivity index (χ1v) is 3.50. The molecule has 5 heteroatoms. The third-order valence-electron chi connectivity index (χ3n) is 0.627. The second kappa shape index (κ2) is 4.20. The molecule has 9 heavy (non-hydrogen) atoms. The van der Waals surface area contributed by atoms with Crippen molar-refractivity contribution >= 4 is 23.0 Å². The fourth-order valence-electron chi connectivity index (χ4n) is 0.304. The third kappa shape index (κ3) is 3.84. The first-order valence-electron chi connectivity index (χ1n) is 2.28. The normalized spacial score (nSPS) is 11.1. The lowest BCUT2D eigenvalue weighted by molar-refractivity contribution is 0.253. The Morgan fingerprint density at radius 2 is 2.33 bits per heavy atom. The summed E-state index contributed by atoms with van der Waals surface area (Å²) in [6, 6.07) is -0.579. The molecule has 0 radical (unpaired) electrons. The van der Waals surface area contributed by atoms with Gasteiger partial charge < -0.3 is 5.73 Å². The van der Waals surface area contributed by atoms with Crippen LogP contribution in [-0.4, -0.2) is 24.5 Å². The summed E-state index contributed by atoms with van der Waals surface area (Å²) in [6.45, 7) is 0. The van der Waals surface area contributed by atoms with Crippen LogP contribution in [0.15, 0.2) is 4.99 Å². The van der Waals surface area contributed by atoms with E-state index in [0.717, 1.165) is 0 Å². The van der Waals surface area contributed by atoms with Crippen molar-refractivity contribution in [2.75, 3.05) is 13.3 Å². The summed E-state index contributed by atoms with van der Waals surface area (Å²) in [5, 5.41) is 2.86. The molecule has 0 rings (SSSR count). The summed E-state index contributed by atoms with van der Waals surface area (Å²) in [7, 11) is 1.59. The minimum absolute atomic E-state index is 0.530. The number of nitrogens with one attached hydrogen (secondary N) is 1. The molecule has 0 spiro atoms. The third-order valence-corrected chi connectivity index (χ3v) is 1.30. The Bertz CT molecular complexity index is 134. The molecule has 0 aromatic heterocycles. The van der Waals surface area contributed by atoms with Gasteiger partial charge in [0.15, 0.2) is 5.17 Å². The standard InChI is InChI=1S/C4H9N3OS/c1-6-4(9-2)7-3(5)8/h1-2H3,(H3,5,6,7,8). The monoisotopic (exact) mass is 147 g/mol. The highest BCUT2D eigenvalue weighted by atomic mass is 32.2. The number of amidine groups is 1. The van der Waals surface area contributed by atoms with Gasteiger partial charge in [0.05, 0.1) is 0 Å². The van der Waals surface area contributed by atoms with Crippen LogP contribution in [0.4, 0.5) is 4.79 Å². The van der Waals surface area contributed by atoms with Gasteiger partial charge in [0.1, 0.15) is 0 Å². The van der Waals surface area contributed by atoms with Gasteiger partial charge in [0.25, 0.3) is 0 Å². The average molecular weight is 147 g/mol. The summed E-state index contributed by atoms with van der Waals surface area (Å²) in [5.74, 6) is 0. The van der Waals surface area contributed by atoms with Crippen molar-refractivity contribution < 1.29 is 4.79 Å². The van der Waals surface area contributed by atoms with Crippen LogP contribution >= 0.6 is 11.8 Å². The van der Waals surface area contributed by atoms with Crippen molar-refractivity contribution in [1.29, 1.82) is 0 Å². The maximum absolute atomic E-state index is 10.1. The van der Waals surface area contributed by atoms with Crippen LogP contribution in [0.25, 0.3) is 0 Å². The highest BCUT2D eigenvalue weighted by molar-refractivity contribution is 8.13. The smallest absolute Gasteiger partial charge is 0.318 e. The van der Waals surface area contributed by atoms with Gasteiger partial charge in [-0.25, -0.2) is 4.79 Å². The van der Waals surface area contributed by atoms with Gasteiger partial charge in [-0.1, -0.05) is 11.8 Å². The fraction of sp³-hybridized carbons (Fsp3) is 0.500. The zero-order valence-electron chi connectivity index (χ0n) is 5.34. The Kier molecular flexibility index (Phi) is 3.87. The van der Waals surface area contributed by atoms with Crippen LogP contribution < -0.4 is 11.1 Å². The molecule has 0 fully saturated rings. The summed E-state index contributed by atoms with van der Waals surface area (Å²) < 4.78 is 0. The molecular formula is C4H9N3OS. The largest absolute Gasteiger partial charge is 0.351 e. The molecule has 0 aliphatic heterocycles. The summed E-state index contributed by atoms with van der Waals surface area (Å²) in [6.07, 6.45) is 1.80. The molecule has 52 valence electrons. The van der Waals surface area contributed by atoms with Crippen LogP contribution in [0, 0.1) is 0 Å². The van der Waals surface area contributed by atoms with E-state index in [1.54, 1.807) is 13.3 Å². The predicted molar refractivity (Wildman–Crippen MR) is 39.6 cm³/mol. The topological polar surface area (TPSA) is 67.5 Å². The van der Waals surface area contributed by atoms with E-state index in [2.05, 4.69) is 10.3 Å². The van der Waals surface area contributed by atoms with Gasteiger partial charge in [-0.2, -0.15) is 0 Å². The molecule has 0 atom stereocenters. The quantitative estimate of drug-likeness (QED) is 0.374. The van der Waals surface area contributed by atoms with E-state index >= 15 is 0 Å². The predicted octanol–water partition coefficient (Wildman–Crippen LogP) is 0.00350. The number of rotatable bonds is 0. The lowest BCUT2D eigenvalue weighted by Crippen LogP contribution is -2.33. The van der Waals surface area contributed by atoms with Crippen LogP contribution in [-0.2, 0) is 0 Å². The molecule has 0 heterocycles. The lowest BCUT2D eigenvalue weighted by atomic mass is 11.0. The van der Waals surface area contributed by atoms with E-state index in [9.17, 15) is 4.79 Å². The maximum atomic E-state index is 10.1. The average Bonchev–Trinajstić information content (AvgIpc) is 1.82. The maximum Gasteiger partial charge on any atom is 0.318 e. The van der Waals surface area contributed by atoms with Gasteiger partial charge in [-0.05, 0) is 6.26 Å². The molecule has 0 saturated heterocycles. The van der Waals surface area contributed by atoms with Crippen LogP contribution in [0.3, 0.4) is 0 Å². The summed E-state index contributed by atoms with van der Waals surface area (Å²) in [5.41, 5.74) is 4.80. The molecule has 0 aromatic rings. The van der Waals surface area contributed by atoms with Crippen molar-refractivity contribution in [3.05, 3.63) is 0 Å². The molecule has 2 amide bonds. The molecule has 0 saturated carbocycles. The van der Waals surface area contributed by atoms with Gasteiger partial charge in [0, 0.05) is 7.05 Å². The number of nitrogens with two attached hydrogens (primary N) is 1. The van der Waals surface area contributed by atoms with Crippen molar-refractivity contribution in [2.24, 2.45) is 10.7 Å². The number of nitrogens with zero attached hydrogens (tertiary/aromatic N) is 1. The number of carbonyl (C=O) groups is 1. The van der Waals surface area contributed by atoms with E-state index in [0.29, 0.717) is 5.17 Å². The van der Waals surface area contributed by atoms with Crippen molar-refractivity contribution in [3.8, 4) is 0 Å². The van der Waals surface area contributed by atoms with E-state index in [1.165, 1.54) is 11.8 Å². The van der Waals surface area contributed by atoms with Crippen molar-refractivity contribution in [2.45, 2.75) is 0 Å². The molecular weight excluding hydrogens is 138 g/mol. The summed E-state index contributed by atoms with van der Waals surface area (Å²) in [4.78, 5) is 13.9. The first kappa shape index (κ1) is 8.29. The molecule has 0 aromatic carbocycles. The van der Waals surface area contributed by atoms with Crippen molar-refractivity contribution in [3.63, 3.8) is 0 Å². The molecule has 4 nitrogen and oxygen atoms in total. The highest BCUT2D eigenvalue weighted by Crippen LogP contribution is 1.91. The second-order valence-corrected chi connectivity index (χ2v) is 2.02. The lowest BCUT2D eigenvalue weighted by Gasteiger charge is -1.98. The summed E-state index contributed by atoms with van der Waals surface area (Å²) >= 11 is 1.34. The van der Waals surface area contributed by atoms with Gasteiger partial charge in [-0.15, -0.1) is 0 Å². The Hall–Kier alpha value is -0.710. The van der Waals surface area contributed by atoms with Crippen molar-refractivity contribution in [1.82, 2.24) is 5.32 Å². The SMILES string of the molecule is CN=C(NC(N)=O)SC. The van der Waals surface area contributed by atoms with Crippen LogP contribution in [0.1, 0.15) is 0 Å². The minimum Gasteiger partial charge on any atom is -0.351 e. The van der Waals surface area contributed by atoms with E-state index < -0.39 is 6.03 Å². The molecule has 0 unspecified atom stereocenters. The highest BCUT2D eigenvalue weighted by Gasteiger charge is 1.95. The Morgan fingerprint density at radius 3 is 2.44 bits per heavy atom. The van der Waals surface area contributed by atoms with E-state index in [1.807, 2.05) is 0 Å². The van der Waals surface area contributed by atoms with Crippen LogP contribution in [0.2, 0.25) is 0 Å². The minimum atomic E-state index is -0.579. The number of urea groups is 1. The number of hydrogen-bond acceptors (Lipinski definition) is 3. The molecule has 0 aliphatic carbocycles. The fourth-order valence-corrected chi connectivity index (χ4v) is 0.689. The number of hydrogen-bond donors (Lipinski definition) is 2. The van der Waals surface area contributed by atoms with E-state index in [4.69, 9.17) is 5.73 Å². The van der Waals surface area contributed by atoms with Gasteiger partial charge >= 0.3 is 6.03 Å². The Balaban J connectivity index is 3.71. The van der Waals surface area contributed by atoms with Gasteiger partial charge in [0.2, 0.25) is 0 Å². The second-order valence-electron chi connectivity index (χ2n) is 1.22. The number of primary amides is 1. The van der Waals surface area contributed by atoms with Crippen LogP contribution in [0.5, 0.6) is 0 Å². The van der Waals surface area contributed by atoms with E-state index in [-0.39, 0.29) is 0 Å². The number of aliphatic imine (C=N–C) groups is 1. The Labute approximate surface area is 57.9 Å². The Morgan fingerprint density at radius 1 is 1.78 bits per heavy atom. The zero-order valence-corrected chi connectivity index (χ0v) is 6.16. The first-order chi connectivity index (χ1) is 4.20. The zero-order chi connectivity index (χ0) is 7.28. The number of amides is 2. The molecule has 3 N–H and O–H groups in total. The number of carbonyl (C=O) groups excluding carboxylic acids is 1. The molecule has 0 bridgehead atoms. The molecule has 0 aliphatic rings. The number of thioether (sulfide) groups is 1. The van der Waals surface area contributed by atoms with Gasteiger partial charge in [-0.3, -0.25) is 10.3 Å².